The Morgan fingerprint density at radius 3 is 2.74 bits per heavy atom. The number of alkyl halides is 1. The first-order valence-electron chi connectivity index (χ1n) is 6.13. The second kappa shape index (κ2) is 6.57. The van der Waals surface area contributed by atoms with Crippen molar-refractivity contribution in [2.75, 3.05) is 0 Å². The first-order valence-corrected chi connectivity index (χ1v) is 8.04. The summed E-state index contributed by atoms with van der Waals surface area (Å²) in [5.74, 6) is 0.902. The van der Waals surface area contributed by atoms with E-state index in [4.69, 9.17) is 4.74 Å². The van der Waals surface area contributed by atoms with Crippen molar-refractivity contribution < 1.29 is 4.74 Å². The van der Waals surface area contributed by atoms with E-state index in [1.807, 2.05) is 23.9 Å². The number of benzene rings is 1. The molecule has 0 aliphatic heterocycles. The molecule has 2 aromatic rings. The van der Waals surface area contributed by atoms with Crippen molar-refractivity contribution in [1.29, 1.82) is 0 Å². The number of aryl methyl sites for hydroxylation is 2. The minimum atomic E-state index is 0.533. The number of rotatable bonds is 5. The first-order chi connectivity index (χ1) is 9.13. The van der Waals surface area contributed by atoms with Gasteiger partial charge in [0.15, 0.2) is 0 Å². The third-order valence-electron chi connectivity index (χ3n) is 2.93. The Labute approximate surface area is 130 Å². The summed E-state index contributed by atoms with van der Waals surface area (Å²) in [6.07, 6.45) is 0.943. The molecule has 0 unspecified atom stereocenters. The van der Waals surface area contributed by atoms with Crippen molar-refractivity contribution in [3.8, 4) is 5.75 Å². The van der Waals surface area contributed by atoms with Crippen LogP contribution in [0.15, 0.2) is 28.7 Å². The van der Waals surface area contributed by atoms with Gasteiger partial charge in [-0.05, 0) is 30.7 Å². The molecule has 0 amide bonds. The molecule has 1 aromatic heterocycles. The van der Waals surface area contributed by atoms with Crippen molar-refractivity contribution in [1.82, 2.24) is 9.78 Å². The van der Waals surface area contributed by atoms with Crippen LogP contribution in [0.1, 0.15) is 23.9 Å². The summed E-state index contributed by atoms with van der Waals surface area (Å²) < 4.78 is 8.83. The van der Waals surface area contributed by atoms with Crippen LogP contribution in [0, 0.1) is 0 Å². The van der Waals surface area contributed by atoms with Crippen LogP contribution in [-0.2, 0) is 25.4 Å². The molecule has 0 fully saturated rings. The Balaban J connectivity index is 2.11. The van der Waals surface area contributed by atoms with Crippen LogP contribution in [0.25, 0.3) is 0 Å². The molecule has 0 saturated heterocycles. The Morgan fingerprint density at radius 1 is 1.32 bits per heavy atom. The normalized spacial score (nSPS) is 10.7. The molecule has 5 heteroatoms. The van der Waals surface area contributed by atoms with Crippen LogP contribution in [0.5, 0.6) is 5.75 Å². The quantitative estimate of drug-likeness (QED) is 0.718. The molecule has 0 saturated carbocycles. The molecule has 0 N–H and O–H groups in total. The van der Waals surface area contributed by atoms with Gasteiger partial charge in [-0.15, -0.1) is 0 Å². The maximum atomic E-state index is 5.90. The Morgan fingerprint density at radius 2 is 2.11 bits per heavy atom. The first kappa shape index (κ1) is 14.6. The molecule has 0 radical (unpaired) electrons. The van der Waals surface area contributed by atoms with Gasteiger partial charge in [0.25, 0.3) is 0 Å². The molecule has 0 atom stereocenters. The number of ether oxygens (including phenoxy) is 1. The predicted molar refractivity (Wildman–Crippen MR) is 83.7 cm³/mol. The summed E-state index contributed by atoms with van der Waals surface area (Å²) in [5.41, 5.74) is 3.31. The molecule has 0 bridgehead atoms. The molecule has 102 valence electrons. The molecule has 1 aromatic carbocycles. The SMILES string of the molecule is CCc1cc(COc2ccc(Br)cc2CBr)n(C)n1. The van der Waals surface area contributed by atoms with E-state index in [9.17, 15) is 0 Å². The van der Waals surface area contributed by atoms with Crippen molar-refractivity contribution >= 4 is 31.9 Å². The number of aromatic nitrogens is 2. The highest BCUT2D eigenvalue weighted by molar-refractivity contribution is 9.10. The monoisotopic (exact) mass is 386 g/mol. The summed E-state index contributed by atoms with van der Waals surface area (Å²) in [5, 5.41) is 5.19. The zero-order valence-corrected chi connectivity index (χ0v) is 14.2. The second-order valence-electron chi connectivity index (χ2n) is 4.28. The van der Waals surface area contributed by atoms with E-state index in [2.05, 4.69) is 56.0 Å². The minimum absolute atomic E-state index is 0.533. The lowest BCUT2D eigenvalue weighted by Crippen LogP contribution is -2.04. The third kappa shape index (κ3) is 3.60. The molecule has 3 nitrogen and oxygen atoms in total. The van der Waals surface area contributed by atoms with Gasteiger partial charge in [-0.2, -0.15) is 5.10 Å². The summed E-state index contributed by atoms with van der Waals surface area (Å²) >= 11 is 6.95. The van der Waals surface area contributed by atoms with E-state index in [-0.39, 0.29) is 0 Å². The molecule has 1 heterocycles. The van der Waals surface area contributed by atoms with Gasteiger partial charge in [-0.3, -0.25) is 4.68 Å². The van der Waals surface area contributed by atoms with Gasteiger partial charge in [0.2, 0.25) is 0 Å². The van der Waals surface area contributed by atoms with Gasteiger partial charge in [0.1, 0.15) is 12.4 Å². The van der Waals surface area contributed by atoms with Gasteiger partial charge < -0.3 is 4.74 Å². The smallest absolute Gasteiger partial charge is 0.130 e. The van der Waals surface area contributed by atoms with Gasteiger partial charge in [0.05, 0.1) is 11.4 Å². The van der Waals surface area contributed by atoms with Crippen LogP contribution in [0.4, 0.5) is 0 Å². The average Bonchev–Trinajstić information content (AvgIpc) is 2.78. The fourth-order valence-corrected chi connectivity index (χ4v) is 2.67. The predicted octanol–water partition coefficient (Wildman–Crippen LogP) is 4.22. The number of hydrogen-bond donors (Lipinski definition) is 0. The van der Waals surface area contributed by atoms with Gasteiger partial charge in [-0.25, -0.2) is 0 Å². The van der Waals surface area contributed by atoms with Crippen molar-refractivity contribution in [2.24, 2.45) is 7.05 Å². The van der Waals surface area contributed by atoms with E-state index in [0.717, 1.165) is 38.9 Å². The van der Waals surface area contributed by atoms with E-state index < -0.39 is 0 Å². The van der Waals surface area contributed by atoms with Crippen LogP contribution >= 0.6 is 31.9 Å². The largest absolute Gasteiger partial charge is 0.487 e. The third-order valence-corrected chi connectivity index (χ3v) is 4.03. The zero-order valence-electron chi connectivity index (χ0n) is 11.0. The van der Waals surface area contributed by atoms with E-state index in [1.54, 1.807) is 0 Å². The van der Waals surface area contributed by atoms with Crippen LogP contribution in [0.2, 0.25) is 0 Å². The summed E-state index contributed by atoms with van der Waals surface area (Å²) in [7, 11) is 1.95. The lowest BCUT2D eigenvalue weighted by molar-refractivity contribution is 0.292. The number of halogens is 2. The number of hydrogen-bond acceptors (Lipinski definition) is 2. The maximum Gasteiger partial charge on any atom is 0.130 e. The van der Waals surface area contributed by atoms with Crippen LogP contribution in [-0.4, -0.2) is 9.78 Å². The second-order valence-corrected chi connectivity index (χ2v) is 5.75. The van der Waals surface area contributed by atoms with Crippen molar-refractivity contribution in [3.63, 3.8) is 0 Å². The minimum Gasteiger partial charge on any atom is -0.487 e. The van der Waals surface area contributed by atoms with E-state index in [1.165, 1.54) is 0 Å². The highest BCUT2D eigenvalue weighted by atomic mass is 79.9. The molecule has 0 spiro atoms. The van der Waals surface area contributed by atoms with E-state index >= 15 is 0 Å². The van der Waals surface area contributed by atoms with Gasteiger partial charge >= 0.3 is 0 Å². The lowest BCUT2D eigenvalue weighted by atomic mass is 10.2. The van der Waals surface area contributed by atoms with Crippen molar-refractivity contribution in [3.05, 3.63) is 45.7 Å². The standard InChI is InChI=1S/C14H16Br2N2O/c1-3-12-7-13(18(2)17-12)9-19-14-5-4-11(16)6-10(14)8-15/h4-7H,3,8-9H2,1-2H3. The molecular weight excluding hydrogens is 372 g/mol. The Hall–Kier alpha value is -0.810. The van der Waals surface area contributed by atoms with Crippen LogP contribution in [0.3, 0.4) is 0 Å². The van der Waals surface area contributed by atoms with Gasteiger partial charge in [0, 0.05) is 22.4 Å². The highest BCUT2D eigenvalue weighted by Crippen LogP contribution is 2.26. The molecule has 0 aliphatic rings. The molecule has 2 rings (SSSR count). The Bertz CT molecular complexity index is 567. The zero-order chi connectivity index (χ0) is 13.8. The lowest BCUT2D eigenvalue weighted by Gasteiger charge is -2.10. The summed E-state index contributed by atoms with van der Waals surface area (Å²) in [6.45, 7) is 2.63. The van der Waals surface area contributed by atoms with Crippen LogP contribution < -0.4 is 4.74 Å². The topological polar surface area (TPSA) is 27.1 Å². The number of nitrogens with zero attached hydrogens (tertiary/aromatic N) is 2. The Kier molecular flexibility index (Phi) is 5.05. The summed E-state index contributed by atoms with van der Waals surface area (Å²) in [6, 6.07) is 8.12. The maximum absolute atomic E-state index is 5.90. The fourth-order valence-electron chi connectivity index (χ4n) is 1.82. The average molecular weight is 388 g/mol. The molecular formula is C14H16Br2N2O. The highest BCUT2D eigenvalue weighted by Gasteiger charge is 2.07. The van der Waals surface area contributed by atoms with Gasteiger partial charge in [-0.1, -0.05) is 38.8 Å². The molecule has 0 aliphatic carbocycles. The fraction of sp³-hybridized carbons (Fsp3) is 0.357. The van der Waals surface area contributed by atoms with E-state index in [0.29, 0.717) is 6.61 Å². The van der Waals surface area contributed by atoms with Crippen molar-refractivity contribution in [2.45, 2.75) is 25.3 Å². The molecule has 19 heavy (non-hydrogen) atoms. The summed E-state index contributed by atoms with van der Waals surface area (Å²) in [4.78, 5) is 0.